The van der Waals surface area contributed by atoms with Crippen LogP contribution in [0.5, 0.6) is 11.5 Å². The fraction of sp³-hybridized carbons (Fsp3) is 0.200. The summed E-state index contributed by atoms with van der Waals surface area (Å²) in [6.45, 7) is 1.11. The van der Waals surface area contributed by atoms with E-state index in [0.29, 0.717) is 35.8 Å². The molecule has 0 saturated carbocycles. The van der Waals surface area contributed by atoms with Gasteiger partial charge in [0.2, 0.25) is 12.7 Å². The van der Waals surface area contributed by atoms with E-state index in [0.717, 1.165) is 11.2 Å². The smallest absolute Gasteiger partial charge is 0.325 e. The Morgan fingerprint density at radius 3 is 2.72 bits per heavy atom. The molecule has 1 aromatic heterocycles. The Morgan fingerprint density at radius 1 is 1.00 bits per heavy atom. The van der Waals surface area contributed by atoms with Crippen LogP contribution in [0.1, 0.15) is 0 Å². The summed E-state index contributed by atoms with van der Waals surface area (Å²) in [4.78, 5) is 36.8. The average Bonchev–Trinajstić information content (AvgIpc) is 3.34. The monoisotopic (exact) mass is 391 g/mol. The average molecular weight is 391 g/mol. The topological polar surface area (TPSA) is 96.9 Å². The number of nitrogens with one attached hydrogen (secondary N) is 1. The van der Waals surface area contributed by atoms with Gasteiger partial charge in [0.1, 0.15) is 6.54 Å². The highest BCUT2D eigenvalue weighted by Crippen LogP contribution is 2.36. The predicted molar refractivity (Wildman–Crippen MR) is 105 cm³/mol. The SMILES string of the molecule is O=C(CN1CCN(c2ccc3c(c2)OCO3)C1=O)Nc1ccc2nccnc2c1. The van der Waals surface area contributed by atoms with E-state index in [2.05, 4.69) is 15.3 Å². The van der Waals surface area contributed by atoms with Gasteiger partial charge in [-0.25, -0.2) is 4.79 Å². The van der Waals surface area contributed by atoms with Crippen molar-refractivity contribution in [2.24, 2.45) is 0 Å². The summed E-state index contributed by atoms with van der Waals surface area (Å²) in [6, 6.07) is 10.5. The lowest BCUT2D eigenvalue weighted by Gasteiger charge is -2.18. The lowest BCUT2D eigenvalue weighted by atomic mass is 10.2. The molecule has 0 radical (unpaired) electrons. The van der Waals surface area contributed by atoms with Crippen LogP contribution < -0.4 is 19.7 Å². The highest BCUT2D eigenvalue weighted by atomic mass is 16.7. The van der Waals surface area contributed by atoms with Crippen molar-refractivity contribution in [3.05, 3.63) is 48.8 Å². The quantitative estimate of drug-likeness (QED) is 0.733. The first kappa shape index (κ1) is 17.2. The minimum absolute atomic E-state index is 0.0294. The van der Waals surface area contributed by atoms with Crippen molar-refractivity contribution in [2.45, 2.75) is 0 Å². The third-order valence-corrected chi connectivity index (χ3v) is 4.85. The third-order valence-electron chi connectivity index (χ3n) is 4.85. The van der Waals surface area contributed by atoms with Crippen LogP contribution in [0, 0.1) is 0 Å². The largest absolute Gasteiger partial charge is 0.454 e. The highest BCUT2D eigenvalue weighted by molar-refractivity contribution is 6.00. The molecule has 0 aliphatic carbocycles. The molecule has 2 aromatic carbocycles. The Morgan fingerprint density at radius 2 is 1.83 bits per heavy atom. The van der Waals surface area contributed by atoms with Crippen LogP contribution >= 0.6 is 0 Å². The lowest BCUT2D eigenvalue weighted by molar-refractivity contribution is -0.116. The number of carbonyl (C=O) groups excluding carboxylic acids is 2. The summed E-state index contributed by atoms with van der Waals surface area (Å²) in [5, 5.41) is 2.81. The molecule has 1 saturated heterocycles. The molecule has 0 spiro atoms. The standard InChI is InChI=1S/C20H17N5O4/c26-19(23-13-1-3-15-16(9-13)22-6-5-21-15)11-24-7-8-25(20(24)27)14-2-4-17-18(10-14)29-12-28-17/h1-6,9-10H,7-8,11-12H2,(H,23,26). The summed E-state index contributed by atoms with van der Waals surface area (Å²) < 4.78 is 10.7. The van der Waals surface area contributed by atoms with Crippen LogP contribution in [0.15, 0.2) is 48.8 Å². The number of amides is 3. The maximum Gasteiger partial charge on any atom is 0.325 e. The molecule has 3 amide bonds. The zero-order valence-corrected chi connectivity index (χ0v) is 15.4. The van der Waals surface area contributed by atoms with Crippen molar-refractivity contribution in [3.8, 4) is 11.5 Å². The van der Waals surface area contributed by atoms with Crippen molar-refractivity contribution in [1.29, 1.82) is 0 Å². The summed E-state index contributed by atoms with van der Waals surface area (Å²) >= 11 is 0. The maximum absolute atomic E-state index is 12.8. The number of benzene rings is 2. The van der Waals surface area contributed by atoms with E-state index in [4.69, 9.17) is 9.47 Å². The van der Waals surface area contributed by atoms with Gasteiger partial charge in [-0.3, -0.25) is 19.7 Å². The number of nitrogens with zero attached hydrogens (tertiary/aromatic N) is 4. The minimum Gasteiger partial charge on any atom is -0.454 e. The lowest BCUT2D eigenvalue weighted by Crippen LogP contribution is -2.37. The van der Waals surface area contributed by atoms with Gasteiger partial charge in [-0.2, -0.15) is 0 Å². The number of anilines is 2. The fourth-order valence-corrected chi connectivity index (χ4v) is 3.44. The Balaban J connectivity index is 1.24. The van der Waals surface area contributed by atoms with Gasteiger partial charge in [0.25, 0.3) is 0 Å². The number of rotatable bonds is 4. The van der Waals surface area contributed by atoms with Crippen LogP contribution in [-0.4, -0.2) is 53.2 Å². The van der Waals surface area contributed by atoms with Crippen molar-refractivity contribution in [3.63, 3.8) is 0 Å². The van der Waals surface area contributed by atoms with Crippen LogP contribution in [-0.2, 0) is 4.79 Å². The molecule has 2 aliphatic heterocycles. The van der Waals surface area contributed by atoms with Crippen molar-refractivity contribution in [2.75, 3.05) is 36.6 Å². The van der Waals surface area contributed by atoms with E-state index in [1.807, 2.05) is 6.07 Å². The number of hydrogen-bond acceptors (Lipinski definition) is 6. The van der Waals surface area contributed by atoms with E-state index in [-0.39, 0.29) is 25.3 Å². The summed E-state index contributed by atoms with van der Waals surface area (Å²) in [5.41, 5.74) is 2.77. The van der Waals surface area contributed by atoms with Crippen LogP contribution in [0.3, 0.4) is 0 Å². The molecule has 0 unspecified atom stereocenters. The first-order valence-corrected chi connectivity index (χ1v) is 9.14. The zero-order chi connectivity index (χ0) is 19.8. The number of urea groups is 1. The summed E-state index contributed by atoms with van der Waals surface area (Å²) in [5.74, 6) is 1.01. The molecule has 3 heterocycles. The van der Waals surface area contributed by atoms with Crippen molar-refractivity contribution < 1.29 is 19.1 Å². The van der Waals surface area contributed by atoms with Gasteiger partial charge < -0.3 is 19.7 Å². The van der Waals surface area contributed by atoms with E-state index >= 15 is 0 Å². The van der Waals surface area contributed by atoms with Gasteiger partial charge >= 0.3 is 6.03 Å². The van der Waals surface area contributed by atoms with E-state index in [1.165, 1.54) is 4.90 Å². The molecular formula is C20H17N5O4. The second-order valence-electron chi connectivity index (χ2n) is 6.70. The second-order valence-corrected chi connectivity index (χ2v) is 6.70. The molecular weight excluding hydrogens is 374 g/mol. The summed E-state index contributed by atoms with van der Waals surface area (Å²) in [6.07, 6.45) is 3.22. The molecule has 0 atom stereocenters. The molecule has 9 heteroatoms. The first-order chi connectivity index (χ1) is 14.2. The predicted octanol–water partition coefficient (Wildman–Crippen LogP) is 2.24. The van der Waals surface area contributed by atoms with Crippen LogP contribution in [0.25, 0.3) is 11.0 Å². The Labute approximate surface area is 165 Å². The first-order valence-electron chi connectivity index (χ1n) is 9.14. The van der Waals surface area contributed by atoms with Gasteiger partial charge in [-0.1, -0.05) is 0 Å². The number of aromatic nitrogens is 2. The Hall–Kier alpha value is -3.88. The number of fused-ring (bicyclic) bond motifs is 2. The van der Waals surface area contributed by atoms with E-state index in [1.54, 1.807) is 47.6 Å². The Kier molecular flexibility index (Phi) is 4.12. The molecule has 9 nitrogen and oxygen atoms in total. The van der Waals surface area contributed by atoms with Gasteiger partial charge in [0, 0.05) is 42.9 Å². The molecule has 1 fully saturated rings. The van der Waals surface area contributed by atoms with Gasteiger partial charge in [-0.05, 0) is 30.3 Å². The van der Waals surface area contributed by atoms with Gasteiger partial charge in [0.05, 0.1) is 11.0 Å². The fourth-order valence-electron chi connectivity index (χ4n) is 3.44. The molecule has 1 N–H and O–H groups in total. The normalized spacial score (nSPS) is 15.2. The number of hydrogen-bond donors (Lipinski definition) is 1. The zero-order valence-electron chi connectivity index (χ0n) is 15.4. The maximum atomic E-state index is 12.8. The van der Waals surface area contributed by atoms with Crippen LogP contribution in [0.2, 0.25) is 0 Å². The van der Waals surface area contributed by atoms with Gasteiger partial charge in [0.15, 0.2) is 11.5 Å². The number of carbonyl (C=O) groups is 2. The Bertz CT molecular complexity index is 1120. The van der Waals surface area contributed by atoms with Crippen molar-refractivity contribution >= 4 is 34.3 Å². The molecule has 2 aliphatic rings. The van der Waals surface area contributed by atoms with Gasteiger partial charge in [-0.15, -0.1) is 0 Å². The van der Waals surface area contributed by atoms with E-state index in [9.17, 15) is 9.59 Å². The third kappa shape index (κ3) is 3.27. The molecule has 5 rings (SSSR count). The molecule has 3 aromatic rings. The highest BCUT2D eigenvalue weighted by Gasteiger charge is 2.31. The van der Waals surface area contributed by atoms with Crippen LogP contribution in [0.4, 0.5) is 16.2 Å². The molecule has 146 valence electrons. The van der Waals surface area contributed by atoms with Crippen molar-refractivity contribution in [1.82, 2.24) is 14.9 Å². The molecule has 0 bridgehead atoms. The second kappa shape index (κ2) is 6.93. The number of ether oxygens (including phenoxy) is 2. The summed E-state index contributed by atoms with van der Waals surface area (Å²) in [7, 11) is 0. The minimum atomic E-state index is -0.269. The van der Waals surface area contributed by atoms with E-state index < -0.39 is 0 Å². The molecule has 29 heavy (non-hydrogen) atoms.